The number of benzene rings is 2. The van der Waals surface area contributed by atoms with Crippen LogP contribution in [0.25, 0.3) is 0 Å². The molecule has 2 aromatic carbocycles. The second-order valence-electron chi connectivity index (χ2n) is 4.00. The summed E-state index contributed by atoms with van der Waals surface area (Å²) >= 11 is 0. The summed E-state index contributed by atoms with van der Waals surface area (Å²) in [7, 11) is 0. The molecule has 0 fully saturated rings. The normalized spacial score (nSPS) is 10.0. The van der Waals surface area contributed by atoms with Gasteiger partial charge in [0.1, 0.15) is 0 Å². The zero-order chi connectivity index (χ0) is 12.1. The molecule has 0 aliphatic rings. The van der Waals surface area contributed by atoms with E-state index in [0.717, 1.165) is 11.4 Å². The minimum absolute atomic E-state index is 1.06. The van der Waals surface area contributed by atoms with Crippen LogP contribution in [0.3, 0.4) is 0 Å². The SMILES string of the molecule is Cc1ccccc1NNNc1ccccc1C. The first-order valence-corrected chi connectivity index (χ1v) is 5.65. The maximum Gasteiger partial charge on any atom is 0.0534 e. The van der Waals surface area contributed by atoms with Crippen molar-refractivity contribution < 1.29 is 0 Å². The van der Waals surface area contributed by atoms with E-state index in [1.54, 1.807) is 0 Å². The van der Waals surface area contributed by atoms with Crippen molar-refractivity contribution in [1.29, 1.82) is 0 Å². The van der Waals surface area contributed by atoms with E-state index in [4.69, 9.17) is 0 Å². The Morgan fingerprint density at radius 2 is 1.06 bits per heavy atom. The van der Waals surface area contributed by atoms with Crippen molar-refractivity contribution >= 4 is 11.4 Å². The molecule has 0 unspecified atom stereocenters. The molecule has 0 aliphatic carbocycles. The Morgan fingerprint density at radius 1 is 0.647 bits per heavy atom. The van der Waals surface area contributed by atoms with Crippen LogP contribution in [0.15, 0.2) is 48.5 Å². The van der Waals surface area contributed by atoms with Gasteiger partial charge in [-0.2, -0.15) is 5.53 Å². The summed E-state index contributed by atoms with van der Waals surface area (Å²) in [5.41, 5.74) is 13.8. The Labute approximate surface area is 102 Å². The van der Waals surface area contributed by atoms with Gasteiger partial charge in [-0.3, -0.25) is 0 Å². The number of nitrogens with one attached hydrogen (secondary N) is 3. The number of hydrogen-bond acceptors (Lipinski definition) is 3. The van der Waals surface area contributed by atoms with Crippen molar-refractivity contribution in [2.45, 2.75) is 13.8 Å². The molecule has 2 aromatic rings. The van der Waals surface area contributed by atoms with Gasteiger partial charge in [-0.1, -0.05) is 36.4 Å². The molecule has 0 saturated heterocycles. The lowest BCUT2D eigenvalue weighted by Gasteiger charge is -2.13. The Hall–Kier alpha value is -2.00. The molecule has 0 heterocycles. The fourth-order valence-corrected chi connectivity index (χ4v) is 1.59. The predicted molar refractivity (Wildman–Crippen MR) is 72.7 cm³/mol. The maximum atomic E-state index is 3.13. The largest absolute Gasteiger partial charge is 0.304 e. The quantitative estimate of drug-likeness (QED) is 0.702. The highest BCUT2D eigenvalue weighted by molar-refractivity contribution is 5.52. The Bertz CT molecular complexity index is 449. The van der Waals surface area contributed by atoms with Crippen molar-refractivity contribution in [3.63, 3.8) is 0 Å². The van der Waals surface area contributed by atoms with E-state index in [1.807, 2.05) is 36.4 Å². The van der Waals surface area contributed by atoms with Crippen LogP contribution in [0.1, 0.15) is 11.1 Å². The third kappa shape index (κ3) is 2.98. The third-order valence-corrected chi connectivity index (χ3v) is 2.68. The van der Waals surface area contributed by atoms with Crippen molar-refractivity contribution in [3.8, 4) is 0 Å². The van der Waals surface area contributed by atoms with Crippen LogP contribution >= 0.6 is 0 Å². The van der Waals surface area contributed by atoms with Crippen LogP contribution in [0, 0.1) is 13.8 Å². The van der Waals surface area contributed by atoms with Gasteiger partial charge < -0.3 is 10.9 Å². The number of rotatable bonds is 4. The molecule has 0 aliphatic heterocycles. The minimum Gasteiger partial charge on any atom is -0.304 e. The first-order chi connectivity index (χ1) is 8.27. The van der Waals surface area contributed by atoms with Crippen LogP contribution in [-0.2, 0) is 0 Å². The standard InChI is InChI=1S/C14H17N3/c1-11-7-3-5-9-13(11)15-17-16-14-10-6-4-8-12(14)2/h3-10,15-17H,1-2H3. The highest BCUT2D eigenvalue weighted by atomic mass is 15.6. The summed E-state index contributed by atoms with van der Waals surface area (Å²) in [6.45, 7) is 4.13. The van der Waals surface area contributed by atoms with Gasteiger partial charge in [0.05, 0.1) is 11.4 Å². The molecule has 0 bridgehead atoms. The van der Waals surface area contributed by atoms with Crippen molar-refractivity contribution in [2.75, 3.05) is 10.9 Å². The van der Waals surface area contributed by atoms with Crippen LogP contribution in [0.4, 0.5) is 11.4 Å². The van der Waals surface area contributed by atoms with Gasteiger partial charge in [0.2, 0.25) is 0 Å². The first kappa shape index (κ1) is 11.5. The number of aryl methyl sites for hydroxylation is 2. The first-order valence-electron chi connectivity index (χ1n) is 5.65. The zero-order valence-corrected chi connectivity index (χ0v) is 10.1. The average molecular weight is 227 g/mol. The zero-order valence-electron chi connectivity index (χ0n) is 10.1. The molecule has 0 radical (unpaired) electrons. The Morgan fingerprint density at radius 3 is 1.47 bits per heavy atom. The molecule has 0 amide bonds. The van der Waals surface area contributed by atoms with Crippen LogP contribution in [-0.4, -0.2) is 0 Å². The number of para-hydroxylation sites is 2. The summed E-state index contributed by atoms with van der Waals surface area (Å²) in [5, 5.41) is 0. The summed E-state index contributed by atoms with van der Waals surface area (Å²) in [6.07, 6.45) is 0. The summed E-state index contributed by atoms with van der Waals surface area (Å²) in [5.74, 6) is 0. The molecule has 3 N–H and O–H groups in total. The van der Waals surface area contributed by atoms with Crippen LogP contribution < -0.4 is 16.4 Å². The Kier molecular flexibility index (Phi) is 3.62. The van der Waals surface area contributed by atoms with Crippen molar-refractivity contribution in [1.82, 2.24) is 5.53 Å². The second-order valence-corrected chi connectivity index (χ2v) is 4.00. The predicted octanol–water partition coefficient (Wildman–Crippen LogP) is 3.25. The molecule has 3 heteroatoms. The molecule has 0 spiro atoms. The monoisotopic (exact) mass is 227 g/mol. The lowest BCUT2D eigenvalue weighted by molar-refractivity contribution is 0.947. The molecule has 88 valence electrons. The lowest BCUT2D eigenvalue weighted by atomic mass is 10.2. The molecular formula is C14H17N3. The topological polar surface area (TPSA) is 36.1 Å². The van der Waals surface area contributed by atoms with Gasteiger partial charge in [0, 0.05) is 0 Å². The fourth-order valence-electron chi connectivity index (χ4n) is 1.59. The van der Waals surface area contributed by atoms with Crippen molar-refractivity contribution in [2.24, 2.45) is 0 Å². The van der Waals surface area contributed by atoms with E-state index in [1.165, 1.54) is 11.1 Å². The lowest BCUT2D eigenvalue weighted by Crippen LogP contribution is -2.28. The van der Waals surface area contributed by atoms with Gasteiger partial charge in [-0.15, -0.1) is 0 Å². The highest BCUT2D eigenvalue weighted by Gasteiger charge is 1.96. The molecular weight excluding hydrogens is 210 g/mol. The summed E-state index contributed by atoms with van der Waals surface area (Å²) in [6, 6.07) is 16.2. The second kappa shape index (κ2) is 5.37. The van der Waals surface area contributed by atoms with E-state index >= 15 is 0 Å². The third-order valence-electron chi connectivity index (χ3n) is 2.68. The van der Waals surface area contributed by atoms with E-state index in [9.17, 15) is 0 Å². The minimum atomic E-state index is 1.06. The maximum absolute atomic E-state index is 3.13. The number of hydrazine groups is 2. The number of hydrogen-bond donors (Lipinski definition) is 3. The fraction of sp³-hybridized carbons (Fsp3) is 0.143. The van der Waals surface area contributed by atoms with E-state index in [2.05, 4.69) is 42.4 Å². The van der Waals surface area contributed by atoms with E-state index in [-0.39, 0.29) is 0 Å². The van der Waals surface area contributed by atoms with Crippen LogP contribution in [0.2, 0.25) is 0 Å². The highest BCUT2D eigenvalue weighted by Crippen LogP contribution is 2.13. The summed E-state index contributed by atoms with van der Waals surface area (Å²) in [4.78, 5) is 0. The molecule has 3 nitrogen and oxygen atoms in total. The van der Waals surface area contributed by atoms with Gasteiger partial charge in [-0.25, -0.2) is 0 Å². The Balaban J connectivity index is 1.93. The van der Waals surface area contributed by atoms with Crippen molar-refractivity contribution in [3.05, 3.63) is 59.7 Å². The van der Waals surface area contributed by atoms with Gasteiger partial charge in [0.15, 0.2) is 0 Å². The molecule has 2 rings (SSSR count). The average Bonchev–Trinajstić information content (AvgIpc) is 2.34. The molecule has 0 atom stereocenters. The number of anilines is 2. The smallest absolute Gasteiger partial charge is 0.0534 e. The van der Waals surface area contributed by atoms with Gasteiger partial charge in [0.25, 0.3) is 0 Å². The van der Waals surface area contributed by atoms with Crippen LogP contribution in [0.5, 0.6) is 0 Å². The summed E-state index contributed by atoms with van der Waals surface area (Å²) < 4.78 is 0. The van der Waals surface area contributed by atoms with E-state index in [0.29, 0.717) is 0 Å². The molecule has 0 saturated carbocycles. The van der Waals surface area contributed by atoms with Gasteiger partial charge in [-0.05, 0) is 37.1 Å². The molecule has 0 aromatic heterocycles. The van der Waals surface area contributed by atoms with Gasteiger partial charge >= 0.3 is 0 Å². The van der Waals surface area contributed by atoms with E-state index < -0.39 is 0 Å². The molecule has 17 heavy (non-hydrogen) atoms.